The van der Waals surface area contributed by atoms with Gasteiger partial charge in [-0.2, -0.15) is 0 Å². The van der Waals surface area contributed by atoms with Crippen molar-refractivity contribution in [1.82, 2.24) is 0 Å². The number of carboxylic acids is 1. The number of amides is 1. The molecule has 1 amide bonds. The number of nitrogens with two attached hydrogens (primary N) is 2. The zero-order chi connectivity index (χ0) is 15.6. The van der Waals surface area contributed by atoms with Crippen molar-refractivity contribution in [1.29, 1.82) is 0 Å². The molecule has 2 aromatic carbocycles. The third-order valence-electron chi connectivity index (χ3n) is 2.78. The van der Waals surface area contributed by atoms with E-state index in [4.69, 9.17) is 23.1 Å². The van der Waals surface area contributed by atoms with E-state index in [-0.39, 0.29) is 22.0 Å². The smallest absolute Gasteiger partial charge is 0.337 e. The largest absolute Gasteiger partial charge is 0.478 e. The van der Waals surface area contributed by atoms with Gasteiger partial charge >= 0.3 is 5.97 Å². The summed E-state index contributed by atoms with van der Waals surface area (Å²) in [6, 6.07) is 9.01. The van der Waals surface area contributed by atoms with Gasteiger partial charge in [-0.25, -0.2) is 4.79 Å². The average Bonchev–Trinajstić information content (AvgIpc) is 2.41. The van der Waals surface area contributed by atoms with Gasteiger partial charge in [0.2, 0.25) is 5.91 Å². The van der Waals surface area contributed by atoms with Crippen LogP contribution in [0.25, 0.3) is 0 Å². The van der Waals surface area contributed by atoms with E-state index < -0.39 is 11.9 Å². The predicted octanol–water partition coefficient (Wildman–Crippen LogP) is 2.46. The number of anilines is 3. The monoisotopic (exact) mass is 305 g/mol. The molecule has 0 fully saturated rings. The van der Waals surface area contributed by atoms with Gasteiger partial charge in [-0.3, -0.25) is 4.79 Å². The minimum atomic E-state index is -1.15. The molecule has 0 aliphatic heterocycles. The maximum atomic E-state index is 11.2. The van der Waals surface area contributed by atoms with Gasteiger partial charge in [0.05, 0.1) is 16.3 Å². The maximum Gasteiger partial charge on any atom is 0.337 e. The Bertz CT molecular complexity index is 714. The SMILES string of the molecule is NC(=O)c1ccc(Nc2c(Cl)cc(N)cc2C(=O)O)cc1. The second kappa shape index (κ2) is 5.72. The first-order valence-corrected chi connectivity index (χ1v) is 6.25. The van der Waals surface area contributed by atoms with Crippen LogP contribution in [-0.4, -0.2) is 17.0 Å². The molecule has 0 radical (unpaired) electrons. The molecule has 0 bridgehead atoms. The van der Waals surface area contributed by atoms with Gasteiger partial charge in [-0.05, 0) is 36.4 Å². The topological polar surface area (TPSA) is 118 Å². The number of hydrogen-bond donors (Lipinski definition) is 4. The molecule has 0 saturated carbocycles. The first-order chi connectivity index (χ1) is 9.88. The summed E-state index contributed by atoms with van der Waals surface area (Å²) in [5.41, 5.74) is 12.1. The number of nitrogen functional groups attached to an aromatic ring is 1. The Kier molecular flexibility index (Phi) is 4.00. The van der Waals surface area contributed by atoms with Crippen molar-refractivity contribution in [3.8, 4) is 0 Å². The molecule has 0 heterocycles. The second-order valence-corrected chi connectivity index (χ2v) is 4.70. The highest BCUT2D eigenvalue weighted by molar-refractivity contribution is 6.34. The van der Waals surface area contributed by atoms with E-state index in [1.54, 1.807) is 12.1 Å². The van der Waals surface area contributed by atoms with Crippen LogP contribution in [0.15, 0.2) is 36.4 Å². The van der Waals surface area contributed by atoms with Crippen molar-refractivity contribution in [3.63, 3.8) is 0 Å². The number of primary amides is 1. The van der Waals surface area contributed by atoms with Crippen molar-refractivity contribution in [2.45, 2.75) is 0 Å². The summed E-state index contributed by atoms with van der Waals surface area (Å²) in [7, 11) is 0. The van der Waals surface area contributed by atoms with Crippen molar-refractivity contribution in [2.75, 3.05) is 11.1 Å². The normalized spacial score (nSPS) is 10.1. The fourth-order valence-electron chi connectivity index (χ4n) is 1.79. The number of carboxylic acid groups (broad SMARTS) is 1. The fourth-order valence-corrected chi connectivity index (χ4v) is 2.06. The van der Waals surface area contributed by atoms with Crippen LogP contribution in [0.1, 0.15) is 20.7 Å². The molecule has 0 spiro atoms. The number of carbonyl (C=O) groups is 2. The summed E-state index contributed by atoms with van der Waals surface area (Å²) in [6.07, 6.45) is 0. The molecule has 0 atom stereocenters. The van der Waals surface area contributed by atoms with Gasteiger partial charge in [-0.1, -0.05) is 11.6 Å². The summed E-state index contributed by atoms with van der Waals surface area (Å²) in [5.74, 6) is -1.70. The van der Waals surface area contributed by atoms with Gasteiger partial charge in [0.25, 0.3) is 0 Å². The molecular weight excluding hydrogens is 294 g/mol. The molecule has 0 aliphatic rings. The summed E-state index contributed by atoms with van der Waals surface area (Å²) in [5, 5.41) is 12.3. The molecule has 108 valence electrons. The van der Waals surface area contributed by atoms with Crippen LogP contribution in [0.2, 0.25) is 5.02 Å². The van der Waals surface area contributed by atoms with E-state index in [1.807, 2.05) is 0 Å². The zero-order valence-electron chi connectivity index (χ0n) is 10.8. The standard InChI is InChI=1S/C14H12ClN3O3/c15-11-6-8(16)5-10(14(20)21)12(11)18-9-3-1-7(2-4-9)13(17)19/h1-6,18H,16H2,(H2,17,19)(H,20,21). The lowest BCUT2D eigenvalue weighted by atomic mass is 10.1. The van der Waals surface area contributed by atoms with Crippen LogP contribution in [0.5, 0.6) is 0 Å². The molecule has 6 N–H and O–H groups in total. The molecule has 0 aliphatic carbocycles. The van der Waals surface area contributed by atoms with E-state index in [9.17, 15) is 14.7 Å². The Morgan fingerprint density at radius 1 is 1.14 bits per heavy atom. The summed E-state index contributed by atoms with van der Waals surface area (Å²) >= 11 is 6.03. The summed E-state index contributed by atoms with van der Waals surface area (Å²) < 4.78 is 0. The van der Waals surface area contributed by atoms with Crippen molar-refractivity contribution in [2.24, 2.45) is 5.73 Å². The number of nitrogens with one attached hydrogen (secondary N) is 1. The minimum Gasteiger partial charge on any atom is -0.478 e. The first-order valence-electron chi connectivity index (χ1n) is 5.87. The number of rotatable bonds is 4. The Morgan fingerprint density at radius 3 is 2.29 bits per heavy atom. The third-order valence-corrected chi connectivity index (χ3v) is 3.08. The number of aromatic carboxylic acids is 1. The number of benzene rings is 2. The van der Waals surface area contributed by atoms with Crippen LogP contribution in [0.3, 0.4) is 0 Å². The zero-order valence-corrected chi connectivity index (χ0v) is 11.5. The highest BCUT2D eigenvalue weighted by Gasteiger charge is 2.15. The Hall–Kier alpha value is -2.73. The van der Waals surface area contributed by atoms with Crippen LogP contribution in [0, 0.1) is 0 Å². The van der Waals surface area contributed by atoms with E-state index in [0.29, 0.717) is 11.3 Å². The van der Waals surface area contributed by atoms with Crippen LogP contribution >= 0.6 is 11.6 Å². The van der Waals surface area contributed by atoms with E-state index in [2.05, 4.69) is 5.32 Å². The van der Waals surface area contributed by atoms with E-state index in [1.165, 1.54) is 24.3 Å². The summed E-state index contributed by atoms with van der Waals surface area (Å²) in [6.45, 7) is 0. The van der Waals surface area contributed by atoms with Crippen molar-refractivity contribution in [3.05, 3.63) is 52.5 Å². The lowest BCUT2D eigenvalue weighted by Crippen LogP contribution is -2.10. The van der Waals surface area contributed by atoms with Gasteiger partial charge in [-0.15, -0.1) is 0 Å². The van der Waals surface area contributed by atoms with Gasteiger partial charge in [0.1, 0.15) is 0 Å². The average molecular weight is 306 g/mol. The highest BCUT2D eigenvalue weighted by Crippen LogP contribution is 2.32. The lowest BCUT2D eigenvalue weighted by molar-refractivity contribution is 0.0697. The molecule has 0 saturated heterocycles. The molecular formula is C14H12ClN3O3. The van der Waals surface area contributed by atoms with E-state index >= 15 is 0 Å². The maximum absolute atomic E-state index is 11.2. The predicted molar refractivity (Wildman–Crippen MR) is 81.1 cm³/mol. The Labute approximate surface area is 125 Å². The molecule has 0 aromatic heterocycles. The number of carbonyl (C=O) groups excluding carboxylic acids is 1. The van der Waals surface area contributed by atoms with Crippen LogP contribution < -0.4 is 16.8 Å². The molecule has 2 rings (SSSR count). The quantitative estimate of drug-likeness (QED) is 0.647. The number of hydrogen-bond acceptors (Lipinski definition) is 4. The minimum absolute atomic E-state index is 0.0426. The molecule has 21 heavy (non-hydrogen) atoms. The molecule has 0 unspecified atom stereocenters. The molecule has 7 heteroatoms. The fraction of sp³-hybridized carbons (Fsp3) is 0. The summed E-state index contributed by atoms with van der Waals surface area (Å²) in [4.78, 5) is 22.2. The lowest BCUT2D eigenvalue weighted by Gasteiger charge is -2.12. The highest BCUT2D eigenvalue weighted by atomic mass is 35.5. The van der Waals surface area contributed by atoms with Gasteiger partial charge in [0.15, 0.2) is 0 Å². The molecule has 2 aromatic rings. The van der Waals surface area contributed by atoms with Crippen molar-refractivity contribution < 1.29 is 14.7 Å². The second-order valence-electron chi connectivity index (χ2n) is 4.30. The Balaban J connectivity index is 2.39. The third kappa shape index (κ3) is 3.24. The Morgan fingerprint density at radius 2 is 1.76 bits per heavy atom. The van der Waals surface area contributed by atoms with Crippen LogP contribution in [-0.2, 0) is 0 Å². The first kappa shape index (κ1) is 14.7. The van der Waals surface area contributed by atoms with Crippen molar-refractivity contribution >= 4 is 40.5 Å². The van der Waals surface area contributed by atoms with Crippen LogP contribution in [0.4, 0.5) is 17.1 Å². The van der Waals surface area contributed by atoms with Gasteiger partial charge < -0.3 is 21.9 Å². The van der Waals surface area contributed by atoms with E-state index in [0.717, 1.165) is 0 Å². The molecule has 6 nitrogen and oxygen atoms in total. The number of halogens is 1. The van der Waals surface area contributed by atoms with Gasteiger partial charge in [0, 0.05) is 16.9 Å².